The van der Waals surface area contributed by atoms with Crippen LogP contribution in [0.4, 0.5) is 5.69 Å². The second kappa shape index (κ2) is 9.54. The number of nitrogens with one attached hydrogen (secondary N) is 1. The van der Waals surface area contributed by atoms with E-state index < -0.39 is 5.92 Å². The highest BCUT2D eigenvalue weighted by Crippen LogP contribution is 2.32. The van der Waals surface area contributed by atoms with Crippen LogP contribution in [0.3, 0.4) is 0 Å². The van der Waals surface area contributed by atoms with E-state index >= 15 is 0 Å². The number of fused-ring (bicyclic) bond motifs is 1. The molecule has 0 spiro atoms. The molecule has 0 aromatic heterocycles. The smallest absolute Gasteiger partial charge is 0.265 e. The molecular weight excluding hydrogens is 390 g/mol. The second-order valence-corrected chi connectivity index (χ2v) is 8.41. The predicted octanol–water partition coefficient (Wildman–Crippen LogP) is 1.95. The average Bonchev–Trinajstić information content (AvgIpc) is 2.76. The second-order valence-electron chi connectivity index (χ2n) is 8.41. The van der Waals surface area contributed by atoms with Crippen molar-refractivity contribution in [3.63, 3.8) is 0 Å². The van der Waals surface area contributed by atoms with Crippen LogP contribution in [0.15, 0.2) is 47.5 Å². The van der Waals surface area contributed by atoms with Gasteiger partial charge < -0.3 is 9.64 Å². The summed E-state index contributed by atoms with van der Waals surface area (Å²) >= 11 is 0. The minimum absolute atomic E-state index is 0.240. The van der Waals surface area contributed by atoms with Crippen molar-refractivity contribution in [2.45, 2.75) is 26.2 Å². The molecule has 4 rings (SSSR count). The van der Waals surface area contributed by atoms with Crippen LogP contribution >= 0.6 is 0 Å². The summed E-state index contributed by atoms with van der Waals surface area (Å²) in [6.07, 6.45) is 2.70. The molecule has 1 atom stereocenters. The number of carbonyl (C=O) groups is 2. The predicted molar refractivity (Wildman–Crippen MR) is 121 cm³/mol. The normalized spacial score (nSPS) is 19.8. The zero-order valence-corrected chi connectivity index (χ0v) is 18.3. The summed E-state index contributed by atoms with van der Waals surface area (Å²) in [5.74, 6) is -1.06. The Morgan fingerprint density at radius 1 is 1.10 bits per heavy atom. The van der Waals surface area contributed by atoms with Crippen molar-refractivity contribution >= 4 is 23.7 Å². The summed E-state index contributed by atoms with van der Waals surface area (Å²) in [5, 5.41) is 0. The summed E-state index contributed by atoms with van der Waals surface area (Å²) in [7, 11) is 0. The lowest BCUT2D eigenvalue weighted by molar-refractivity contribution is -0.908. The number of quaternary nitrogens is 1. The molecule has 2 aromatic rings. The number of aliphatic imine (C=N–C) groups is 1. The summed E-state index contributed by atoms with van der Waals surface area (Å²) < 4.78 is 5.40. The van der Waals surface area contributed by atoms with Gasteiger partial charge in [-0.2, -0.15) is 0 Å². The van der Waals surface area contributed by atoms with Gasteiger partial charge in [-0.1, -0.05) is 24.3 Å². The first-order chi connectivity index (χ1) is 15.0. The Hall–Kier alpha value is -2.83. The molecule has 0 aliphatic carbocycles. The number of aryl methyl sites for hydroxylation is 2. The average molecular weight is 421 g/mol. The monoisotopic (exact) mass is 420 g/mol. The van der Waals surface area contributed by atoms with E-state index in [0.29, 0.717) is 17.8 Å². The minimum atomic E-state index is -0.551. The van der Waals surface area contributed by atoms with Crippen LogP contribution in [0.5, 0.6) is 0 Å². The quantitative estimate of drug-likeness (QED) is 0.441. The lowest BCUT2D eigenvalue weighted by atomic mass is 9.88. The van der Waals surface area contributed by atoms with Gasteiger partial charge in [0.05, 0.1) is 31.4 Å². The fourth-order valence-corrected chi connectivity index (χ4v) is 4.43. The maximum absolute atomic E-state index is 13.4. The van der Waals surface area contributed by atoms with Crippen molar-refractivity contribution in [3.8, 4) is 0 Å². The largest absolute Gasteiger partial charge is 0.370 e. The fourth-order valence-electron chi connectivity index (χ4n) is 4.43. The standard InChI is InChI=1S/C25H29N3O3/c1-18-14-19(2)16-20(15-18)28-24(29)22-7-4-3-6-21(22)23(25(28)30)17-26-8-5-9-27-10-12-31-13-11-27/h3-4,6-7,14-17,23H,5,8-13H2,1-2H3/p+1/t23-/m1/s1. The van der Waals surface area contributed by atoms with Crippen molar-refractivity contribution in [1.29, 1.82) is 0 Å². The van der Waals surface area contributed by atoms with Gasteiger partial charge in [-0.25, -0.2) is 4.90 Å². The first-order valence-electron chi connectivity index (χ1n) is 11.0. The van der Waals surface area contributed by atoms with Gasteiger partial charge >= 0.3 is 0 Å². The number of hydrogen-bond donors (Lipinski definition) is 1. The fraction of sp³-hybridized carbons (Fsp3) is 0.400. The van der Waals surface area contributed by atoms with Crippen LogP contribution < -0.4 is 9.80 Å². The van der Waals surface area contributed by atoms with Gasteiger partial charge in [0.25, 0.3) is 5.91 Å². The molecule has 2 aromatic carbocycles. The number of anilines is 1. The number of imide groups is 1. The van der Waals surface area contributed by atoms with E-state index in [-0.39, 0.29) is 11.8 Å². The summed E-state index contributed by atoms with van der Waals surface area (Å²) in [6, 6.07) is 13.2. The van der Waals surface area contributed by atoms with Crippen LogP contribution in [-0.4, -0.2) is 57.4 Å². The molecule has 31 heavy (non-hydrogen) atoms. The molecule has 1 fully saturated rings. The molecule has 0 saturated carbocycles. The molecule has 0 radical (unpaired) electrons. The molecular formula is C25H30N3O3+. The summed E-state index contributed by atoms with van der Waals surface area (Å²) in [5.41, 5.74) is 3.96. The number of carbonyl (C=O) groups excluding carboxylic acids is 2. The number of benzene rings is 2. The Bertz CT molecular complexity index is 975. The Morgan fingerprint density at radius 2 is 1.81 bits per heavy atom. The van der Waals surface area contributed by atoms with Crippen LogP contribution in [0, 0.1) is 13.8 Å². The Labute approximate surface area is 183 Å². The van der Waals surface area contributed by atoms with Gasteiger partial charge in [0.15, 0.2) is 0 Å². The third kappa shape index (κ3) is 4.75. The van der Waals surface area contributed by atoms with E-state index in [1.165, 1.54) is 4.90 Å². The van der Waals surface area contributed by atoms with Crippen LogP contribution in [0.1, 0.15) is 39.4 Å². The first kappa shape index (κ1) is 21.4. The molecule has 2 aliphatic rings. The van der Waals surface area contributed by atoms with Crippen LogP contribution in [-0.2, 0) is 9.53 Å². The van der Waals surface area contributed by atoms with Crippen LogP contribution in [0.25, 0.3) is 0 Å². The van der Waals surface area contributed by atoms with E-state index in [1.54, 1.807) is 17.2 Å². The highest BCUT2D eigenvalue weighted by Gasteiger charge is 2.38. The molecule has 2 aliphatic heterocycles. The summed E-state index contributed by atoms with van der Waals surface area (Å²) in [4.78, 5) is 34.1. The Balaban J connectivity index is 1.53. The SMILES string of the molecule is Cc1cc(C)cc(N2C(=O)c3ccccc3[C@@H](C=NCCC[NH+]3CCOCC3)C2=O)c1. The Morgan fingerprint density at radius 3 is 2.55 bits per heavy atom. The van der Waals surface area contributed by atoms with E-state index in [9.17, 15) is 9.59 Å². The first-order valence-corrected chi connectivity index (χ1v) is 11.0. The van der Waals surface area contributed by atoms with E-state index in [0.717, 1.165) is 56.0 Å². The summed E-state index contributed by atoms with van der Waals surface area (Å²) in [6.45, 7) is 9.42. The molecule has 1 saturated heterocycles. The molecule has 162 valence electrons. The number of morpholine rings is 1. The van der Waals surface area contributed by atoms with Gasteiger partial charge in [0.2, 0.25) is 5.91 Å². The lowest BCUT2D eigenvalue weighted by Gasteiger charge is -2.31. The van der Waals surface area contributed by atoms with Crippen molar-refractivity contribution in [1.82, 2.24) is 0 Å². The zero-order valence-electron chi connectivity index (χ0n) is 18.3. The zero-order chi connectivity index (χ0) is 21.8. The molecule has 2 heterocycles. The lowest BCUT2D eigenvalue weighted by Crippen LogP contribution is -3.14. The van der Waals surface area contributed by atoms with Gasteiger partial charge in [-0.15, -0.1) is 0 Å². The Kier molecular flexibility index (Phi) is 6.59. The molecule has 0 bridgehead atoms. The molecule has 6 nitrogen and oxygen atoms in total. The van der Waals surface area contributed by atoms with Gasteiger partial charge in [0, 0.05) is 24.7 Å². The maximum atomic E-state index is 13.4. The number of ether oxygens (including phenoxy) is 1. The molecule has 6 heteroatoms. The molecule has 2 amide bonds. The van der Waals surface area contributed by atoms with E-state index in [1.807, 2.05) is 50.2 Å². The van der Waals surface area contributed by atoms with Crippen molar-refractivity contribution < 1.29 is 19.2 Å². The third-order valence-corrected chi connectivity index (χ3v) is 5.95. The number of nitrogens with zero attached hydrogens (tertiary/aromatic N) is 2. The van der Waals surface area contributed by atoms with Crippen molar-refractivity contribution in [2.24, 2.45) is 4.99 Å². The number of hydrogen-bond acceptors (Lipinski definition) is 4. The van der Waals surface area contributed by atoms with Gasteiger partial charge in [-0.3, -0.25) is 14.6 Å². The molecule has 1 N–H and O–H groups in total. The molecule has 0 unspecified atom stereocenters. The third-order valence-electron chi connectivity index (χ3n) is 5.95. The highest BCUT2D eigenvalue weighted by atomic mass is 16.5. The number of amides is 2. The van der Waals surface area contributed by atoms with Crippen LogP contribution in [0.2, 0.25) is 0 Å². The van der Waals surface area contributed by atoms with Gasteiger partial charge in [0.1, 0.15) is 13.1 Å². The van der Waals surface area contributed by atoms with Crippen molar-refractivity contribution in [3.05, 3.63) is 64.7 Å². The highest BCUT2D eigenvalue weighted by molar-refractivity contribution is 6.29. The van der Waals surface area contributed by atoms with E-state index in [4.69, 9.17) is 4.74 Å². The maximum Gasteiger partial charge on any atom is 0.265 e. The topological polar surface area (TPSA) is 63.4 Å². The number of rotatable bonds is 6. The van der Waals surface area contributed by atoms with E-state index in [2.05, 4.69) is 4.99 Å². The van der Waals surface area contributed by atoms with Gasteiger partial charge in [-0.05, 0) is 48.7 Å². The van der Waals surface area contributed by atoms with Crippen molar-refractivity contribution in [2.75, 3.05) is 44.3 Å². The minimum Gasteiger partial charge on any atom is -0.370 e.